The molecule has 4 heteroatoms. The van der Waals surface area contributed by atoms with Crippen molar-refractivity contribution in [1.29, 1.82) is 0 Å². The minimum absolute atomic E-state index is 0.0776. The molecule has 0 aromatic heterocycles. The van der Waals surface area contributed by atoms with Crippen LogP contribution in [0.3, 0.4) is 0 Å². The topological polar surface area (TPSA) is 49.8 Å². The Morgan fingerprint density at radius 2 is 2.06 bits per heavy atom. The molecule has 0 saturated carbocycles. The second-order valence-electron chi connectivity index (χ2n) is 5.77. The number of carbonyl (C=O) groups is 1. The first kappa shape index (κ1) is 13.3. The molecule has 0 radical (unpaired) electrons. The largest absolute Gasteiger partial charge is 0.444 e. The van der Waals surface area contributed by atoms with E-state index in [1.165, 1.54) is 4.90 Å². The van der Waals surface area contributed by atoms with Crippen molar-refractivity contribution in [2.24, 2.45) is 5.92 Å². The zero-order chi connectivity index (χ0) is 12.6. The van der Waals surface area contributed by atoms with Gasteiger partial charge in [-0.25, -0.2) is 4.79 Å². The van der Waals surface area contributed by atoms with E-state index in [2.05, 4.69) is 0 Å². The van der Waals surface area contributed by atoms with E-state index >= 15 is 0 Å². The third kappa shape index (κ3) is 2.88. The fourth-order valence-corrected chi connectivity index (χ4v) is 1.91. The van der Waals surface area contributed by atoms with Crippen molar-refractivity contribution >= 4 is 6.09 Å². The Morgan fingerprint density at radius 3 is 2.56 bits per heavy atom. The number of amides is 1. The number of ether oxygens (including phenoxy) is 1. The zero-order valence-electron chi connectivity index (χ0n) is 10.9. The molecule has 1 fully saturated rings. The normalized spacial score (nSPS) is 31.4. The van der Waals surface area contributed by atoms with Crippen LogP contribution in [0.5, 0.6) is 0 Å². The standard InChI is InChI=1S/C12H23NO3/c1-9-7-6-8-13(12(9,5)15)10(14)16-11(2,3)4/h9,15H,6-8H2,1-5H3. The van der Waals surface area contributed by atoms with E-state index in [0.29, 0.717) is 6.54 Å². The lowest BCUT2D eigenvalue weighted by Crippen LogP contribution is -2.57. The van der Waals surface area contributed by atoms with Gasteiger partial charge >= 0.3 is 6.09 Å². The second-order valence-corrected chi connectivity index (χ2v) is 5.77. The van der Waals surface area contributed by atoms with Gasteiger partial charge in [0.2, 0.25) is 0 Å². The summed E-state index contributed by atoms with van der Waals surface area (Å²) in [5.74, 6) is 0.0776. The van der Waals surface area contributed by atoms with Crippen LogP contribution in [0.1, 0.15) is 47.5 Å². The summed E-state index contributed by atoms with van der Waals surface area (Å²) < 4.78 is 5.29. The predicted molar refractivity (Wildman–Crippen MR) is 62.0 cm³/mol. The molecule has 1 rings (SSSR count). The Hall–Kier alpha value is -0.770. The van der Waals surface area contributed by atoms with Gasteiger partial charge in [0, 0.05) is 12.5 Å². The Balaban J connectivity index is 2.75. The van der Waals surface area contributed by atoms with E-state index in [1.54, 1.807) is 6.92 Å². The maximum absolute atomic E-state index is 11.9. The van der Waals surface area contributed by atoms with Gasteiger partial charge in [0.15, 0.2) is 0 Å². The fraction of sp³-hybridized carbons (Fsp3) is 0.917. The van der Waals surface area contributed by atoms with Gasteiger partial charge in [0.05, 0.1) is 0 Å². The van der Waals surface area contributed by atoms with Crippen molar-refractivity contribution in [3.63, 3.8) is 0 Å². The number of rotatable bonds is 0. The Labute approximate surface area is 97.6 Å². The average molecular weight is 229 g/mol. The van der Waals surface area contributed by atoms with Crippen molar-refractivity contribution in [2.75, 3.05) is 6.54 Å². The van der Waals surface area contributed by atoms with E-state index in [0.717, 1.165) is 12.8 Å². The summed E-state index contributed by atoms with van der Waals surface area (Å²) in [7, 11) is 0. The quantitative estimate of drug-likeness (QED) is 0.693. The van der Waals surface area contributed by atoms with Crippen LogP contribution in [0.25, 0.3) is 0 Å². The summed E-state index contributed by atoms with van der Waals surface area (Å²) in [4.78, 5) is 13.4. The Bertz CT molecular complexity index is 268. The Morgan fingerprint density at radius 1 is 1.50 bits per heavy atom. The maximum Gasteiger partial charge on any atom is 0.412 e. The van der Waals surface area contributed by atoms with E-state index in [9.17, 15) is 9.90 Å². The highest BCUT2D eigenvalue weighted by molar-refractivity contribution is 5.69. The monoisotopic (exact) mass is 229 g/mol. The maximum atomic E-state index is 11.9. The molecule has 0 spiro atoms. The molecule has 4 nitrogen and oxygen atoms in total. The van der Waals surface area contributed by atoms with Crippen molar-refractivity contribution in [1.82, 2.24) is 4.90 Å². The number of likely N-dealkylation sites (tertiary alicyclic amines) is 1. The summed E-state index contributed by atoms with van der Waals surface area (Å²) in [6.07, 6.45) is 1.42. The highest BCUT2D eigenvalue weighted by Crippen LogP contribution is 2.32. The van der Waals surface area contributed by atoms with Crippen LogP contribution >= 0.6 is 0 Å². The molecule has 1 aliphatic heterocycles. The number of piperidine rings is 1. The highest BCUT2D eigenvalue weighted by atomic mass is 16.6. The van der Waals surface area contributed by atoms with E-state index in [1.807, 2.05) is 27.7 Å². The summed E-state index contributed by atoms with van der Waals surface area (Å²) in [5, 5.41) is 10.3. The van der Waals surface area contributed by atoms with Gasteiger partial charge < -0.3 is 9.84 Å². The van der Waals surface area contributed by atoms with Crippen LogP contribution in [0, 0.1) is 5.92 Å². The summed E-state index contributed by atoms with van der Waals surface area (Å²) in [6, 6.07) is 0. The van der Waals surface area contributed by atoms with Crippen LogP contribution in [-0.4, -0.2) is 34.0 Å². The molecule has 0 aromatic rings. The summed E-state index contributed by atoms with van der Waals surface area (Å²) in [6.45, 7) is 9.68. The number of hydrogen-bond acceptors (Lipinski definition) is 3. The molecule has 1 amide bonds. The summed E-state index contributed by atoms with van der Waals surface area (Å²) in [5.41, 5.74) is -1.62. The first-order valence-electron chi connectivity index (χ1n) is 5.87. The molecule has 1 aliphatic rings. The van der Waals surface area contributed by atoms with Gasteiger partial charge in [-0.3, -0.25) is 4.90 Å². The van der Waals surface area contributed by atoms with Crippen LogP contribution in [0.15, 0.2) is 0 Å². The van der Waals surface area contributed by atoms with Crippen LogP contribution in [-0.2, 0) is 4.74 Å². The van der Waals surface area contributed by atoms with Gasteiger partial charge in [-0.15, -0.1) is 0 Å². The number of nitrogens with zero attached hydrogens (tertiary/aromatic N) is 1. The van der Waals surface area contributed by atoms with Crippen molar-refractivity contribution < 1.29 is 14.6 Å². The van der Waals surface area contributed by atoms with Gasteiger partial charge in [0.25, 0.3) is 0 Å². The van der Waals surface area contributed by atoms with Crippen molar-refractivity contribution in [2.45, 2.75) is 58.8 Å². The number of aliphatic hydroxyl groups is 1. The molecule has 0 aromatic carbocycles. The van der Waals surface area contributed by atoms with Gasteiger partial charge in [-0.2, -0.15) is 0 Å². The SMILES string of the molecule is CC1CCCN(C(=O)OC(C)(C)C)C1(C)O. The lowest BCUT2D eigenvalue weighted by atomic mass is 9.89. The van der Waals surface area contributed by atoms with Crippen LogP contribution in [0.2, 0.25) is 0 Å². The van der Waals surface area contributed by atoms with Crippen molar-refractivity contribution in [3.8, 4) is 0 Å². The van der Waals surface area contributed by atoms with E-state index in [4.69, 9.17) is 4.74 Å². The average Bonchev–Trinajstić information content (AvgIpc) is 2.06. The molecule has 2 unspecified atom stereocenters. The van der Waals surface area contributed by atoms with Gasteiger partial charge in [0.1, 0.15) is 11.3 Å². The summed E-state index contributed by atoms with van der Waals surface area (Å²) >= 11 is 0. The molecular formula is C12H23NO3. The molecule has 1 N–H and O–H groups in total. The van der Waals surface area contributed by atoms with Crippen LogP contribution < -0.4 is 0 Å². The molecule has 0 bridgehead atoms. The molecule has 2 atom stereocenters. The molecule has 0 aliphatic carbocycles. The zero-order valence-corrected chi connectivity index (χ0v) is 10.9. The molecule has 1 saturated heterocycles. The first-order valence-corrected chi connectivity index (χ1v) is 5.87. The lowest BCUT2D eigenvalue weighted by molar-refractivity contribution is -0.144. The second kappa shape index (κ2) is 4.24. The number of carbonyl (C=O) groups excluding carboxylic acids is 1. The third-order valence-electron chi connectivity index (χ3n) is 3.11. The Kier molecular flexibility index (Phi) is 3.53. The first-order chi connectivity index (χ1) is 7.14. The lowest BCUT2D eigenvalue weighted by Gasteiger charge is -2.45. The molecular weight excluding hydrogens is 206 g/mol. The van der Waals surface area contributed by atoms with Crippen molar-refractivity contribution in [3.05, 3.63) is 0 Å². The third-order valence-corrected chi connectivity index (χ3v) is 3.11. The highest BCUT2D eigenvalue weighted by Gasteiger charge is 2.42. The smallest absolute Gasteiger partial charge is 0.412 e. The van der Waals surface area contributed by atoms with Crippen LogP contribution in [0.4, 0.5) is 4.79 Å². The minimum atomic E-state index is -1.10. The van der Waals surface area contributed by atoms with E-state index in [-0.39, 0.29) is 5.92 Å². The van der Waals surface area contributed by atoms with E-state index < -0.39 is 17.4 Å². The predicted octanol–water partition coefficient (Wildman–Crippen LogP) is 2.36. The molecule has 1 heterocycles. The fourth-order valence-electron chi connectivity index (χ4n) is 1.91. The molecule has 16 heavy (non-hydrogen) atoms. The number of hydrogen-bond donors (Lipinski definition) is 1. The molecule has 94 valence electrons. The minimum Gasteiger partial charge on any atom is -0.444 e. The van der Waals surface area contributed by atoms with Gasteiger partial charge in [-0.1, -0.05) is 6.92 Å². The van der Waals surface area contributed by atoms with Gasteiger partial charge in [-0.05, 0) is 40.5 Å².